The molecule has 1 saturated heterocycles. The van der Waals surface area contributed by atoms with E-state index in [9.17, 15) is 4.79 Å². The van der Waals surface area contributed by atoms with Crippen LogP contribution in [0.1, 0.15) is 23.3 Å². The molecule has 27 heavy (non-hydrogen) atoms. The first-order chi connectivity index (χ1) is 13.1. The summed E-state index contributed by atoms with van der Waals surface area (Å²) in [6.07, 6.45) is 3.64. The number of piperidine rings is 1. The number of nitrogens with two attached hydrogens (primary N) is 1. The Hall–Kier alpha value is -2.99. The van der Waals surface area contributed by atoms with Crippen molar-refractivity contribution < 1.29 is 4.79 Å². The van der Waals surface area contributed by atoms with Crippen LogP contribution in [0.4, 0.5) is 5.69 Å². The van der Waals surface area contributed by atoms with Crippen LogP contribution in [-0.4, -0.2) is 47.0 Å². The third-order valence-corrected chi connectivity index (χ3v) is 5.11. The molecule has 1 aromatic carbocycles. The Morgan fingerprint density at radius 2 is 2.00 bits per heavy atom. The number of nitrogen functional groups attached to an aromatic ring is 1. The molecule has 4 rings (SSSR count). The Morgan fingerprint density at radius 3 is 2.81 bits per heavy atom. The minimum atomic E-state index is -0.117. The van der Waals surface area contributed by atoms with Gasteiger partial charge in [0.2, 0.25) is 0 Å². The highest BCUT2D eigenvalue weighted by Crippen LogP contribution is 2.25. The van der Waals surface area contributed by atoms with E-state index in [-0.39, 0.29) is 11.9 Å². The minimum Gasteiger partial charge on any atom is -0.398 e. The monoisotopic (exact) mass is 361 g/mol. The van der Waals surface area contributed by atoms with E-state index in [1.54, 1.807) is 18.3 Å². The molecule has 1 amide bonds. The number of carbonyl (C=O) groups excluding carboxylic acids is 1. The summed E-state index contributed by atoms with van der Waals surface area (Å²) in [6, 6.07) is 13.4. The summed E-state index contributed by atoms with van der Waals surface area (Å²) in [5, 5.41) is 4.00. The largest absolute Gasteiger partial charge is 0.398 e. The molecule has 0 aliphatic carbocycles. The summed E-state index contributed by atoms with van der Waals surface area (Å²) < 4.78 is 0. The molecule has 1 fully saturated rings. The highest BCUT2D eigenvalue weighted by atomic mass is 16.1. The van der Waals surface area contributed by atoms with Gasteiger partial charge >= 0.3 is 0 Å². The van der Waals surface area contributed by atoms with E-state index >= 15 is 0 Å². The van der Waals surface area contributed by atoms with Crippen LogP contribution < -0.4 is 11.1 Å². The van der Waals surface area contributed by atoms with Gasteiger partial charge in [-0.3, -0.25) is 9.78 Å². The van der Waals surface area contributed by atoms with E-state index in [4.69, 9.17) is 5.73 Å². The van der Waals surface area contributed by atoms with Gasteiger partial charge in [0.15, 0.2) is 0 Å². The van der Waals surface area contributed by atoms with Crippen molar-refractivity contribution >= 4 is 22.5 Å². The number of hydrogen-bond donors (Lipinski definition) is 2. The van der Waals surface area contributed by atoms with Crippen molar-refractivity contribution in [3.05, 3.63) is 54.4 Å². The van der Waals surface area contributed by atoms with E-state index in [2.05, 4.69) is 27.2 Å². The lowest BCUT2D eigenvalue weighted by Crippen LogP contribution is -2.43. The van der Waals surface area contributed by atoms with Gasteiger partial charge in [-0.2, -0.15) is 0 Å². The fraction of sp³-hybridized carbons (Fsp3) is 0.286. The summed E-state index contributed by atoms with van der Waals surface area (Å²) in [5.74, 6) is -0.117. The standard InChI is InChI=1S/C21H23N5O/c1-26-11-8-15(9-12-26)24-21(27)20-4-2-3-18(25-20)14-5-6-19-16(13-14)17(22)7-10-23-19/h2-7,10,13,15H,8-9,11-12H2,1H3,(H2,22,23)(H,24,27). The number of nitrogens with one attached hydrogen (secondary N) is 1. The number of rotatable bonds is 3. The zero-order chi connectivity index (χ0) is 18.8. The zero-order valence-electron chi connectivity index (χ0n) is 15.4. The average molecular weight is 361 g/mol. The van der Waals surface area contributed by atoms with E-state index in [0.29, 0.717) is 11.4 Å². The van der Waals surface area contributed by atoms with Crippen molar-refractivity contribution in [3.8, 4) is 11.3 Å². The molecule has 0 spiro atoms. The number of hydrogen-bond acceptors (Lipinski definition) is 5. The molecule has 0 atom stereocenters. The second-order valence-electron chi connectivity index (χ2n) is 7.09. The van der Waals surface area contributed by atoms with Crippen LogP contribution in [0.2, 0.25) is 0 Å². The predicted molar refractivity (Wildman–Crippen MR) is 107 cm³/mol. The van der Waals surface area contributed by atoms with Gasteiger partial charge in [-0.25, -0.2) is 4.98 Å². The molecule has 2 aromatic heterocycles. The Balaban J connectivity index is 1.57. The molecule has 1 aliphatic rings. The first-order valence-electron chi connectivity index (χ1n) is 9.21. The van der Waals surface area contributed by atoms with Crippen LogP contribution in [0.3, 0.4) is 0 Å². The van der Waals surface area contributed by atoms with Crippen LogP contribution in [0.5, 0.6) is 0 Å². The normalized spacial score (nSPS) is 15.7. The van der Waals surface area contributed by atoms with Crippen LogP contribution in [0, 0.1) is 0 Å². The van der Waals surface area contributed by atoms with Gasteiger partial charge in [0.1, 0.15) is 5.69 Å². The van der Waals surface area contributed by atoms with Crippen molar-refractivity contribution in [3.63, 3.8) is 0 Å². The predicted octanol–water partition coefficient (Wildman–Crippen LogP) is 2.70. The molecule has 6 nitrogen and oxygen atoms in total. The fourth-order valence-corrected chi connectivity index (χ4v) is 3.46. The molecule has 1 aliphatic heterocycles. The van der Waals surface area contributed by atoms with Gasteiger partial charge in [0, 0.05) is 28.9 Å². The van der Waals surface area contributed by atoms with Gasteiger partial charge in [-0.15, -0.1) is 0 Å². The molecule has 0 saturated carbocycles. The summed E-state index contributed by atoms with van der Waals surface area (Å²) >= 11 is 0. The van der Waals surface area contributed by atoms with E-state index in [1.807, 2.05) is 30.3 Å². The summed E-state index contributed by atoms with van der Waals surface area (Å²) in [5.41, 5.74) is 9.68. The zero-order valence-corrected chi connectivity index (χ0v) is 15.4. The number of likely N-dealkylation sites (tertiary alicyclic amines) is 1. The Morgan fingerprint density at radius 1 is 1.19 bits per heavy atom. The number of fused-ring (bicyclic) bond motifs is 1. The van der Waals surface area contributed by atoms with E-state index in [1.165, 1.54) is 0 Å². The van der Waals surface area contributed by atoms with Crippen molar-refractivity contribution in [1.82, 2.24) is 20.2 Å². The van der Waals surface area contributed by atoms with Crippen LogP contribution in [0.15, 0.2) is 48.7 Å². The number of anilines is 1. The number of aromatic nitrogens is 2. The Bertz CT molecular complexity index is 979. The third kappa shape index (κ3) is 3.75. The lowest BCUT2D eigenvalue weighted by molar-refractivity contribution is 0.0912. The molecule has 6 heteroatoms. The molecule has 138 valence electrons. The number of carbonyl (C=O) groups is 1. The topological polar surface area (TPSA) is 84.1 Å². The quantitative estimate of drug-likeness (QED) is 0.749. The van der Waals surface area contributed by atoms with Crippen LogP contribution in [0.25, 0.3) is 22.2 Å². The number of amides is 1. The summed E-state index contributed by atoms with van der Waals surface area (Å²) in [7, 11) is 2.11. The molecule has 0 bridgehead atoms. The maximum Gasteiger partial charge on any atom is 0.270 e. The summed E-state index contributed by atoms with van der Waals surface area (Å²) in [6.45, 7) is 2.01. The molecule has 3 aromatic rings. The molecule has 0 unspecified atom stereocenters. The first-order valence-corrected chi connectivity index (χ1v) is 9.21. The second-order valence-corrected chi connectivity index (χ2v) is 7.09. The number of benzene rings is 1. The Labute approximate surface area is 158 Å². The first kappa shape index (κ1) is 17.4. The van der Waals surface area contributed by atoms with Crippen molar-refractivity contribution in [2.45, 2.75) is 18.9 Å². The molecule has 3 heterocycles. The van der Waals surface area contributed by atoms with E-state index < -0.39 is 0 Å². The molecule has 3 N–H and O–H groups in total. The minimum absolute atomic E-state index is 0.117. The van der Waals surface area contributed by atoms with Crippen LogP contribution in [-0.2, 0) is 0 Å². The average Bonchev–Trinajstić information content (AvgIpc) is 2.70. The molecular formula is C21H23N5O. The lowest BCUT2D eigenvalue weighted by atomic mass is 10.0. The van der Waals surface area contributed by atoms with Gasteiger partial charge in [0.25, 0.3) is 5.91 Å². The fourth-order valence-electron chi connectivity index (χ4n) is 3.46. The van der Waals surface area contributed by atoms with Crippen molar-refractivity contribution in [1.29, 1.82) is 0 Å². The van der Waals surface area contributed by atoms with Crippen LogP contribution >= 0.6 is 0 Å². The highest BCUT2D eigenvalue weighted by Gasteiger charge is 2.19. The molecule has 0 radical (unpaired) electrons. The van der Waals surface area contributed by atoms with Gasteiger partial charge in [0.05, 0.1) is 11.2 Å². The smallest absolute Gasteiger partial charge is 0.270 e. The molecular weight excluding hydrogens is 338 g/mol. The van der Waals surface area contributed by atoms with Crippen molar-refractivity contribution in [2.75, 3.05) is 25.9 Å². The summed E-state index contributed by atoms with van der Waals surface area (Å²) in [4.78, 5) is 23.8. The maximum absolute atomic E-state index is 12.6. The number of pyridine rings is 2. The highest BCUT2D eigenvalue weighted by molar-refractivity contribution is 5.94. The Kier molecular flexibility index (Phi) is 4.73. The van der Waals surface area contributed by atoms with Gasteiger partial charge < -0.3 is 16.0 Å². The van der Waals surface area contributed by atoms with E-state index in [0.717, 1.165) is 48.1 Å². The number of nitrogens with zero attached hydrogens (tertiary/aromatic N) is 3. The lowest BCUT2D eigenvalue weighted by Gasteiger charge is -2.29. The van der Waals surface area contributed by atoms with Crippen molar-refractivity contribution in [2.24, 2.45) is 0 Å². The van der Waals surface area contributed by atoms with Gasteiger partial charge in [-0.05, 0) is 63.3 Å². The second kappa shape index (κ2) is 7.32. The van der Waals surface area contributed by atoms with Gasteiger partial charge in [-0.1, -0.05) is 12.1 Å². The third-order valence-electron chi connectivity index (χ3n) is 5.11. The maximum atomic E-state index is 12.6. The SMILES string of the molecule is CN1CCC(NC(=O)c2cccc(-c3ccc4nccc(N)c4c3)n2)CC1.